The molecule has 1 saturated heterocycles. The van der Waals surface area contributed by atoms with Gasteiger partial charge in [0, 0.05) is 47.5 Å². The summed E-state index contributed by atoms with van der Waals surface area (Å²) in [5.74, 6) is 2.09. The molecule has 2 fully saturated rings. The van der Waals surface area contributed by atoms with Crippen LogP contribution in [0.1, 0.15) is 57.4 Å². The Hall–Kier alpha value is -1.40. The number of piperidine rings is 1. The van der Waals surface area contributed by atoms with E-state index in [1.807, 2.05) is 30.3 Å². The molecule has 0 amide bonds. The summed E-state index contributed by atoms with van der Waals surface area (Å²) in [6.45, 7) is 5.90. The Morgan fingerprint density at radius 1 is 1.14 bits per heavy atom. The molecule has 1 saturated carbocycles. The summed E-state index contributed by atoms with van der Waals surface area (Å²) in [6, 6.07) is 11.3. The number of nitrogens with one attached hydrogen (secondary N) is 2. The molecule has 2 N–H and O–H groups in total. The van der Waals surface area contributed by atoms with Crippen LogP contribution >= 0.6 is 0 Å². The molecule has 162 valence electrons. The third kappa shape index (κ3) is 7.74. The molecule has 3 rings (SSSR count). The third-order valence-electron chi connectivity index (χ3n) is 5.99. The van der Waals surface area contributed by atoms with Crippen molar-refractivity contribution in [1.82, 2.24) is 15.5 Å². The van der Waals surface area contributed by atoms with Crippen molar-refractivity contribution in [2.24, 2.45) is 4.99 Å². The van der Waals surface area contributed by atoms with Crippen LogP contribution in [0.25, 0.3) is 0 Å². The number of hydrogen-bond donors (Lipinski definition) is 2. The fourth-order valence-electron chi connectivity index (χ4n) is 4.51. The number of likely N-dealkylation sites (tertiary alicyclic amines) is 1. The van der Waals surface area contributed by atoms with Gasteiger partial charge in [-0.1, -0.05) is 49.6 Å². The summed E-state index contributed by atoms with van der Waals surface area (Å²) >= 11 is 0. The largest absolute Gasteiger partial charge is 0.357 e. The van der Waals surface area contributed by atoms with E-state index in [9.17, 15) is 4.21 Å². The van der Waals surface area contributed by atoms with Crippen LogP contribution in [0.5, 0.6) is 0 Å². The normalized spacial score (nSPS) is 22.9. The van der Waals surface area contributed by atoms with Crippen LogP contribution in [0.3, 0.4) is 0 Å². The number of benzene rings is 1. The lowest BCUT2D eigenvalue weighted by atomic mass is 9.92. The van der Waals surface area contributed by atoms with Gasteiger partial charge in [0.05, 0.1) is 6.54 Å². The maximum atomic E-state index is 12.4. The van der Waals surface area contributed by atoms with E-state index in [0.29, 0.717) is 24.1 Å². The summed E-state index contributed by atoms with van der Waals surface area (Å²) in [7, 11) is -0.878. The lowest BCUT2D eigenvalue weighted by Gasteiger charge is -2.40. The van der Waals surface area contributed by atoms with E-state index in [1.54, 1.807) is 0 Å². The monoisotopic (exact) mass is 418 g/mol. The fraction of sp³-hybridized carbons (Fsp3) is 0.696. The summed E-state index contributed by atoms with van der Waals surface area (Å²) in [4.78, 5) is 7.42. The van der Waals surface area contributed by atoms with E-state index in [-0.39, 0.29) is 0 Å². The van der Waals surface area contributed by atoms with Gasteiger partial charge in [-0.3, -0.25) is 14.1 Å². The second-order valence-electron chi connectivity index (χ2n) is 8.30. The maximum Gasteiger partial charge on any atom is 0.191 e. The SMILES string of the molecule is CCNC(=NCCS(=O)Cc1ccccc1)NC1CCCN(C2CCCCC2)C1. The zero-order valence-corrected chi connectivity index (χ0v) is 18.8. The zero-order valence-electron chi connectivity index (χ0n) is 17.9. The van der Waals surface area contributed by atoms with Crippen LogP contribution < -0.4 is 10.6 Å². The van der Waals surface area contributed by atoms with Crippen LogP contribution in [-0.4, -0.2) is 59.1 Å². The van der Waals surface area contributed by atoms with E-state index < -0.39 is 10.8 Å². The minimum absolute atomic E-state index is 0.457. The lowest BCUT2D eigenvalue weighted by molar-refractivity contribution is 0.115. The second-order valence-corrected chi connectivity index (χ2v) is 9.88. The Balaban J connectivity index is 1.46. The van der Waals surface area contributed by atoms with Crippen LogP contribution in [0.15, 0.2) is 35.3 Å². The van der Waals surface area contributed by atoms with Crippen molar-refractivity contribution in [1.29, 1.82) is 0 Å². The van der Waals surface area contributed by atoms with E-state index >= 15 is 0 Å². The van der Waals surface area contributed by atoms with E-state index in [2.05, 4.69) is 22.5 Å². The van der Waals surface area contributed by atoms with Gasteiger partial charge in [0.15, 0.2) is 5.96 Å². The number of hydrogen-bond acceptors (Lipinski definition) is 3. The Bertz CT molecular complexity index is 646. The smallest absolute Gasteiger partial charge is 0.191 e. The van der Waals surface area contributed by atoms with Gasteiger partial charge in [-0.15, -0.1) is 0 Å². The minimum atomic E-state index is -0.878. The topological polar surface area (TPSA) is 56.7 Å². The highest BCUT2D eigenvalue weighted by molar-refractivity contribution is 7.84. The van der Waals surface area contributed by atoms with Crippen LogP contribution in [0.2, 0.25) is 0 Å². The van der Waals surface area contributed by atoms with E-state index in [4.69, 9.17) is 4.99 Å². The molecule has 1 aliphatic heterocycles. The molecule has 0 spiro atoms. The molecule has 0 radical (unpaired) electrons. The summed E-state index contributed by atoms with van der Waals surface area (Å²) in [5, 5.41) is 7.02. The zero-order chi connectivity index (χ0) is 20.3. The van der Waals surface area contributed by atoms with Crippen LogP contribution in [0.4, 0.5) is 0 Å². The average Bonchev–Trinajstić information content (AvgIpc) is 2.75. The van der Waals surface area contributed by atoms with Crippen LogP contribution in [0, 0.1) is 0 Å². The quantitative estimate of drug-likeness (QED) is 0.502. The molecule has 1 aromatic carbocycles. The summed E-state index contributed by atoms with van der Waals surface area (Å²) < 4.78 is 12.4. The van der Waals surface area contributed by atoms with Crippen molar-refractivity contribution >= 4 is 16.8 Å². The van der Waals surface area contributed by atoms with Gasteiger partial charge in [-0.05, 0) is 44.7 Å². The molecule has 2 aliphatic rings. The standard InChI is InChI=1S/C23H38N4OS/c1-2-24-23(25-15-17-29(28)19-20-10-5-3-6-11-20)26-21-12-9-16-27(18-21)22-13-7-4-8-14-22/h3,5-6,10-11,21-22H,2,4,7-9,12-19H2,1H3,(H2,24,25,26). The molecular formula is C23H38N4OS. The van der Waals surface area contributed by atoms with Crippen molar-refractivity contribution in [2.75, 3.05) is 31.9 Å². The van der Waals surface area contributed by atoms with E-state index in [1.165, 1.54) is 51.5 Å². The molecule has 0 bridgehead atoms. The van der Waals surface area contributed by atoms with Crippen molar-refractivity contribution in [3.8, 4) is 0 Å². The molecule has 0 aromatic heterocycles. The number of rotatable bonds is 8. The van der Waals surface area contributed by atoms with Crippen molar-refractivity contribution in [3.63, 3.8) is 0 Å². The van der Waals surface area contributed by atoms with Crippen LogP contribution in [-0.2, 0) is 16.6 Å². The fourth-order valence-corrected chi connectivity index (χ4v) is 5.51. The Labute approximate surface area is 179 Å². The maximum absolute atomic E-state index is 12.4. The lowest BCUT2D eigenvalue weighted by Crippen LogP contribution is -2.53. The Morgan fingerprint density at radius 2 is 1.93 bits per heavy atom. The second kappa shape index (κ2) is 12.3. The van der Waals surface area contributed by atoms with Gasteiger partial charge in [0.2, 0.25) is 0 Å². The number of nitrogens with zero attached hydrogens (tertiary/aromatic N) is 2. The van der Waals surface area contributed by atoms with Gasteiger partial charge < -0.3 is 10.6 Å². The van der Waals surface area contributed by atoms with Crippen molar-refractivity contribution in [3.05, 3.63) is 35.9 Å². The molecule has 1 aromatic rings. The van der Waals surface area contributed by atoms with Gasteiger partial charge in [-0.2, -0.15) is 0 Å². The average molecular weight is 419 g/mol. The Morgan fingerprint density at radius 3 is 2.69 bits per heavy atom. The molecular weight excluding hydrogens is 380 g/mol. The first kappa shape index (κ1) is 22.3. The summed E-state index contributed by atoms with van der Waals surface area (Å²) in [5.41, 5.74) is 1.13. The van der Waals surface area contributed by atoms with E-state index in [0.717, 1.165) is 30.7 Å². The highest BCUT2D eigenvalue weighted by Gasteiger charge is 2.27. The highest BCUT2D eigenvalue weighted by Crippen LogP contribution is 2.25. The van der Waals surface area contributed by atoms with Gasteiger partial charge in [-0.25, -0.2) is 0 Å². The number of aliphatic imine (C=N–C) groups is 1. The molecule has 5 nitrogen and oxygen atoms in total. The number of guanidine groups is 1. The van der Waals surface area contributed by atoms with Gasteiger partial charge in [0.1, 0.15) is 0 Å². The minimum Gasteiger partial charge on any atom is -0.357 e. The third-order valence-corrected chi connectivity index (χ3v) is 7.28. The summed E-state index contributed by atoms with van der Waals surface area (Å²) in [6.07, 6.45) is 9.40. The molecule has 1 aliphatic carbocycles. The van der Waals surface area contributed by atoms with Crippen molar-refractivity contribution < 1.29 is 4.21 Å². The predicted octanol–water partition coefficient (Wildman–Crippen LogP) is 3.29. The molecule has 6 heteroatoms. The molecule has 2 unspecified atom stereocenters. The van der Waals surface area contributed by atoms with Crippen molar-refractivity contribution in [2.45, 2.75) is 69.7 Å². The highest BCUT2D eigenvalue weighted by atomic mass is 32.2. The van der Waals surface area contributed by atoms with Gasteiger partial charge in [0.25, 0.3) is 0 Å². The molecule has 29 heavy (non-hydrogen) atoms. The first-order valence-electron chi connectivity index (χ1n) is 11.4. The first-order valence-corrected chi connectivity index (χ1v) is 12.9. The first-order chi connectivity index (χ1) is 14.2. The van der Waals surface area contributed by atoms with Gasteiger partial charge >= 0.3 is 0 Å². The molecule has 1 heterocycles. The molecule has 2 atom stereocenters. The Kier molecular flexibility index (Phi) is 9.48. The predicted molar refractivity (Wildman–Crippen MR) is 124 cm³/mol.